The van der Waals surface area contributed by atoms with E-state index in [0.29, 0.717) is 35.1 Å². The number of carbonyl (C=O) groups is 1. The van der Waals surface area contributed by atoms with Crippen molar-refractivity contribution in [3.63, 3.8) is 0 Å². The number of benzene rings is 3. The van der Waals surface area contributed by atoms with Gasteiger partial charge in [0.25, 0.3) is 0 Å². The SMILES string of the molecule is C[C@H]1CCC[C@@](C)(CCCCCN2C(=O)C(c3cccc(C(=N)N)c3)Sc3ccc(NS(=O)(=O)Cc4ccccc4)cc32)N1. The molecule has 0 aromatic heterocycles. The summed E-state index contributed by atoms with van der Waals surface area (Å²) in [4.78, 5) is 16.8. The van der Waals surface area contributed by atoms with Crippen LogP contribution < -0.4 is 20.7 Å². The van der Waals surface area contributed by atoms with Crippen LogP contribution in [0.5, 0.6) is 0 Å². The van der Waals surface area contributed by atoms with Crippen LogP contribution in [0.4, 0.5) is 11.4 Å². The molecule has 0 spiro atoms. The Hall–Kier alpha value is -3.34. The minimum atomic E-state index is -3.65. The van der Waals surface area contributed by atoms with Crippen LogP contribution in [0.25, 0.3) is 0 Å². The van der Waals surface area contributed by atoms with Gasteiger partial charge in [-0.2, -0.15) is 0 Å². The van der Waals surface area contributed by atoms with Gasteiger partial charge in [-0.25, -0.2) is 8.42 Å². The number of rotatable bonds is 12. The third kappa shape index (κ3) is 8.02. The maximum Gasteiger partial charge on any atom is 0.245 e. The van der Waals surface area contributed by atoms with Crippen LogP contribution >= 0.6 is 11.8 Å². The summed E-state index contributed by atoms with van der Waals surface area (Å²) in [5.74, 6) is -0.230. The van der Waals surface area contributed by atoms with Gasteiger partial charge in [0, 0.05) is 28.6 Å². The van der Waals surface area contributed by atoms with Crippen molar-refractivity contribution in [2.45, 2.75) is 86.3 Å². The minimum absolute atomic E-state index is 0.0414. The number of carbonyl (C=O) groups excluding carboxylic acids is 1. The lowest BCUT2D eigenvalue weighted by atomic mass is 9.84. The number of sulfonamides is 1. The summed E-state index contributed by atoms with van der Waals surface area (Å²) >= 11 is 1.45. The number of thioether (sulfide) groups is 1. The fourth-order valence-electron chi connectivity index (χ4n) is 6.35. The van der Waals surface area contributed by atoms with E-state index < -0.39 is 15.3 Å². The number of anilines is 2. The molecule has 2 heterocycles. The fourth-order valence-corrected chi connectivity index (χ4v) is 8.74. The van der Waals surface area contributed by atoms with Gasteiger partial charge in [0.05, 0.1) is 17.1 Å². The average molecular weight is 634 g/mol. The van der Waals surface area contributed by atoms with Gasteiger partial charge < -0.3 is 16.0 Å². The highest BCUT2D eigenvalue weighted by atomic mass is 32.2. The third-order valence-corrected chi connectivity index (χ3v) is 11.1. The van der Waals surface area contributed by atoms with Gasteiger partial charge in [-0.3, -0.25) is 14.9 Å². The van der Waals surface area contributed by atoms with Gasteiger partial charge in [-0.15, -0.1) is 11.8 Å². The van der Waals surface area contributed by atoms with Gasteiger partial charge in [0.2, 0.25) is 15.9 Å². The Morgan fingerprint density at radius 2 is 1.89 bits per heavy atom. The summed E-state index contributed by atoms with van der Waals surface area (Å²) in [7, 11) is -3.65. The molecule has 0 aliphatic carbocycles. The topological polar surface area (TPSA) is 128 Å². The van der Waals surface area contributed by atoms with E-state index in [2.05, 4.69) is 23.9 Å². The third-order valence-electron chi connectivity index (χ3n) is 8.53. The van der Waals surface area contributed by atoms with Crippen molar-refractivity contribution < 1.29 is 13.2 Å². The van der Waals surface area contributed by atoms with Crippen LogP contribution in [0.3, 0.4) is 0 Å². The van der Waals surface area contributed by atoms with E-state index in [4.69, 9.17) is 11.1 Å². The number of hydrogen-bond donors (Lipinski definition) is 4. The van der Waals surface area contributed by atoms with Crippen molar-refractivity contribution in [2.24, 2.45) is 5.73 Å². The molecule has 44 heavy (non-hydrogen) atoms. The van der Waals surface area contributed by atoms with E-state index in [0.717, 1.165) is 36.1 Å². The van der Waals surface area contributed by atoms with Gasteiger partial charge in [-0.05, 0) is 74.9 Å². The van der Waals surface area contributed by atoms with Crippen molar-refractivity contribution >= 4 is 44.9 Å². The zero-order valence-electron chi connectivity index (χ0n) is 25.5. The van der Waals surface area contributed by atoms with E-state index >= 15 is 0 Å². The van der Waals surface area contributed by atoms with Gasteiger partial charge in [0.1, 0.15) is 11.1 Å². The number of nitrogens with two attached hydrogens (primary N) is 1. The van der Waals surface area contributed by atoms with Crippen molar-refractivity contribution in [2.75, 3.05) is 16.2 Å². The first-order chi connectivity index (χ1) is 21.0. The molecule has 0 saturated carbocycles. The Morgan fingerprint density at radius 3 is 2.64 bits per heavy atom. The van der Waals surface area contributed by atoms with Crippen molar-refractivity contribution in [3.8, 4) is 0 Å². The lowest BCUT2D eigenvalue weighted by molar-refractivity contribution is -0.118. The van der Waals surface area contributed by atoms with Crippen LogP contribution in [-0.4, -0.2) is 38.3 Å². The fraction of sp³-hybridized carbons (Fsp3) is 0.412. The molecule has 1 unspecified atom stereocenters. The lowest BCUT2D eigenvalue weighted by Gasteiger charge is -2.39. The van der Waals surface area contributed by atoms with Crippen molar-refractivity contribution in [1.82, 2.24) is 5.32 Å². The number of hydrogen-bond acceptors (Lipinski definition) is 6. The van der Waals surface area contributed by atoms with E-state index in [1.807, 2.05) is 47.4 Å². The lowest BCUT2D eigenvalue weighted by Crippen LogP contribution is -2.50. The molecule has 3 aromatic carbocycles. The Bertz CT molecular complexity index is 1600. The largest absolute Gasteiger partial charge is 0.384 e. The molecule has 2 aliphatic rings. The highest BCUT2D eigenvalue weighted by molar-refractivity contribution is 8.00. The normalized spacial score (nSPS) is 22.0. The number of amidine groups is 1. The second-order valence-corrected chi connectivity index (χ2v) is 15.2. The second kappa shape index (κ2) is 13.7. The van der Waals surface area contributed by atoms with Gasteiger partial charge >= 0.3 is 0 Å². The number of nitrogen functional groups attached to an aromatic ring is 1. The first kappa shape index (κ1) is 32.1. The maximum absolute atomic E-state index is 14.1. The number of nitrogens with one attached hydrogen (secondary N) is 3. The Kier molecular flexibility index (Phi) is 10.0. The molecule has 234 valence electrons. The number of piperidine rings is 1. The molecule has 3 atom stereocenters. The Morgan fingerprint density at radius 1 is 1.09 bits per heavy atom. The van der Waals surface area contributed by atoms with Crippen LogP contribution in [0.2, 0.25) is 0 Å². The monoisotopic (exact) mass is 633 g/mol. The number of amides is 1. The molecule has 1 fully saturated rings. The molecule has 2 aliphatic heterocycles. The molecule has 1 amide bonds. The first-order valence-corrected chi connectivity index (χ1v) is 17.9. The van der Waals surface area contributed by atoms with Crippen LogP contribution in [0.1, 0.15) is 80.7 Å². The Labute approximate surface area is 265 Å². The molecule has 5 N–H and O–H groups in total. The first-order valence-electron chi connectivity index (χ1n) is 15.4. The summed E-state index contributed by atoms with van der Waals surface area (Å²) < 4.78 is 28.7. The number of nitrogens with zero attached hydrogens (tertiary/aromatic N) is 1. The van der Waals surface area contributed by atoms with E-state index in [9.17, 15) is 13.2 Å². The standard InChI is InChI=1S/C34H43N5O3S2/c1-24-11-10-19-34(2,37-24)18-7-4-8-20-39-29-22-28(38-44(41,42)23-25-12-5-3-6-13-25)16-17-30(29)43-31(33(39)40)26-14-9-15-27(21-26)32(35)36/h3,5-6,9,12-17,21-22,24,31,37-38H,4,7-8,10-11,18-20,23H2,1-2H3,(H3,35,36)/t24-,31?,34+/m0/s1. The zero-order chi connectivity index (χ0) is 31.3. The molecule has 0 bridgehead atoms. The molecule has 10 heteroatoms. The molecular formula is C34H43N5O3S2. The minimum Gasteiger partial charge on any atom is -0.384 e. The summed E-state index contributed by atoms with van der Waals surface area (Å²) in [6, 6.07) is 22.3. The zero-order valence-corrected chi connectivity index (χ0v) is 27.1. The Balaban J connectivity index is 1.34. The number of unbranched alkanes of at least 4 members (excludes halogenated alkanes) is 2. The predicted octanol–water partition coefficient (Wildman–Crippen LogP) is 6.57. The maximum atomic E-state index is 14.1. The van der Waals surface area contributed by atoms with E-state index in [-0.39, 0.29) is 23.0 Å². The van der Waals surface area contributed by atoms with Crippen LogP contribution in [-0.2, 0) is 20.6 Å². The number of fused-ring (bicyclic) bond motifs is 1. The van der Waals surface area contributed by atoms with Crippen molar-refractivity contribution in [3.05, 3.63) is 89.5 Å². The molecular weight excluding hydrogens is 591 g/mol. The summed E-state index contributed by atoms with van der Waals surface area (Å²) in [6.07, 6.45) is 7.68. The summed E-state index contributed by atoms with van der Waals surface area (Å²) in [5.41, 5.74) is 9.14. The van der Waals surface area contributed by atoms with E-state index in [1.165, 1.54) is 31.0 Å². The smallest absolute Gasteiger partial charge is 0.245 e. The molecule has 0 radical (unpaired) electrons. The summed E-state index contributed by atoms with van der Waals surface area (Å²) in [5, 5.41) is 11.2. The van der Waals surface area contributed by atoms with Crippen LogP contribution in [0.15, 0.2) is 77.7 Å². The molecule has 8 nitrogen and oxygen atoms in total. The predicted molar refractivity (Wildman–Crippen MR) is 181 cm³/mol. The average Bonchev–Trinajstić information content (AvgIpc) is 2.98. The van der Waals surface area contributed by atoms with E-state index in [1.54, 1.807) is 30.3 Å². The highest BCUT2D eigenvalue weighted by Gasteiger charge is 2.35. The van der Waals surface area contributed by atoms with Gasteiger partial charge in [0.15, 0.2) is 0 Å². The van der Waals surface area contributed by atoms with Crippen molar-refractivity contribution in [1.29, 1.82) is 5.41 Å². The summed E-state index contributed by atoms with van der Waals surface area (Å²) in [6.45, 7) is 5.12. The second-order valence-electron chi connectivity index (χ2n) is 12.4. The molecule has 3 aromatic rings. The highest BCUT2D eigenvalue weighted by Crippen LogP contribution is 2.47. The molecule has 1 saturated heterocycles. The van der Waals surface area contributed by atoms with Gasteiger partial charge in [-0.1, -0.05) is 67.8 Å². The quantitative estimate of drug-likeness (QED) is 0.101. The molecule has 5 rings (SSSR count). The van der Waals surface area contributed by atoms with Crippen LogP contribution in [0, 0.1) is 5.41 Å².